The van der Waals surface area contributed by atoms with Crippen molar-refractivity contribution in [2.24, 2.45) is 0 Å². The SMILES string of the molecule is COc1cc(CC(NC(=O)C(C)NC(=O)CN2CCOCC2)C(=O)NC(CC2=CCCC2)C(=O)C2CO2)ccn1. The van der Waals surface area contributed by atoms with Crippen LogP contribution in [0, 0.1) is 0 Å². The minimum absolute atomic E-state index is 0.133. The second kappa shape index (κ2) is 14.3. The van der Waals surface area contributed by atoms with Crippen molar-refractivity contribution in [3.63, 3.8) is 0 Å². The van der Waals surface area contributed by atoms with Gasteiger partial charge in [0.15, 0.2) is 5.78 Å². The van der Waals surface area contributed by atoms with Crippen LogP contribution in [0.25, 0.3) is 0 Å². The summed E-state index contributed by atoms with van der Waals surface area (Å²) in [6.45, 7) is 4.50. The topological polar surface area (TPSA) is 151 Å². The lowest BCUT2D eigenvalue weighted by atomic mass is 9.99. The highest BCUT2D eigenvalue weighted by Crippen LogP contribution is 2.24. The van der Waals surface area contributed by atoms with E-state index in [-0.39, 0.29) is 24.7 Å². The summed E-state index contributed by atoms with van der Waals surface area (Å²) < 4.78 is 15.7. The molecule has 4 rings (SSSR count). The number of methoxy groups -OCH3 is 1. The Labute approximate surface area is 234 Å². The van der Waals surface area contributed by atoms with Crippen molar-refractivity contribution in [3.05, 3.63) is 35.5 Å². The lowest BCUT2D eigenvalue weighted by Gasteiger charge is -2.27. The molecule has 0 spiro atoms. The van der Waals surface area contributed by atoms with E-state index in [0.717, 1.165) is 24.8 Å². The van der Waals surface area contributed by atoms with E-state index < -0.39 is 36.0 Å². The van der Waals surface area contributed by atoms with Crippen LogP contribution in [-0.2, 0) is 35.1 Å². The number of aromatic nitrogens is 1. The Hall–Kier alpha value is -3.35. The fourth-order valence-corrected chi connectivity index (χ4v) is 4.86. The van der Waals surface area contributed by atoms with Gasteiger partial charge in [-0.2, -0.15) is 0 Å². The van der Waals surface area contributed by atoms with Crippen LogP contribution in [0.2, 0.25) is 0 Å². The maximum atomic E-state index is 13.6. The van der Waals surface area contributed by atoms with Gasteiger partial charge in [-0.25, -0.2) is 4.98 Å². The van der Waals surface area contributed by atoms with Gasteiger partial charge in [-0.1, -0.05) is 11.6 Å². The molecular formula is C28H39N5O7. The normalized spacial score (nSPS) is 20.9. The summed E-state index contributed by atoms with van der Waals surface area (Å²) in [6, 6.07) is 0.778. The number of Topliss-reactive ketones (excluding diaryl/α,β-unsaturated/α-hetero) is 1. The Morgan fingerprint density at radius 2 is 1.85 bits per heavy atom. The van der Waals surface area contributed by atoms with Gasteiger partial charge in [-0.15, -0.1) is 0 Å². The molecule has 3 amide bonds. The predicted octanol–water partition coefficient (Wildman–Crippen LogP) is -0.0925. The molecule has 0 saturated carbocycles. The number of hydrogen-bond acceptors (Lipinski definition) is 9. The quantitative estimate of drug-likeness (QED) is 0.211. The lowest BCUT2D eigenvalue weighted by molar-refractivity contribution is -0.133. The third kappa shape index (κ3) is 8.83. The smallest absolute Gasteiger partial charge is 0.243 e. The van der Waals surface area contributed by atoms with Gasteiger partial charge in [-0.3, -0.25) is 24.1 Å². The summed E-state index contributed by atoms with van der Waals surface area (Å²) in [6.07, 6.45) is 6.60. The molecule has 1 aliphatic carbocycles. The largest absolute Gasteiger partial charge is 0.481 e. The third-order valence-corrected chi connectivity index (χ3v) is 7.23. The molecule has 1 aromatic heterocycles. The number of pyridine rings is 1. The number of hydrogen-bond donors (Lipinski definition) is 3. The Balaban J connectivity index is 1.43. The Bertz CT molecular complexity index is 1100. The number of rotatable bonds is 14. The number of carbonyl (C=O) groups excluding carboxylic acids is 4. The molecule has 40 heavy (non-hydrogen) atoms. The average Bonchev–Trinajstić information content (AvgIpc) is 3.68. The van der Waals surface area contributed by atoms with Gasteiger partial charge in [-0.05, 0) is 44.2 Å². The summed E-state index contributed by atoms with van der Waals surface area (Å²) in [4.78, 5) is 58.3. The second-order valence-electron chi connectivity index (χ2n) is 10.4. The standard InChI is InChI=1S/C28H39N5O7/c1-18(30-24(34)16-33-9-11-39-12-10-33)27(36)32-22(14-20-7-8-29-25(15-20)38-2)28(37)31-21(26(35)23-17-40-23)13-19-5-3-4-6-19/h5,7-8,15,18,21-23H,3-4,6,9-14,16-17H2,1-2H3,(H,30,34)(H,31,37)(H,32,36). The molecule has 3 aliphatic rings. The number of morpholine rings is 1. The lowest BCUT2D eigenvalue weighted by Crippen LogP contribution is -2.56. The van der Waals surface area contributed by atoms with E-state index in [0.29, 0.717) is 50.8 Å². The summed E-state index contributed by atoms with van der Waals surface area (Å²) >= 11 is 0. The van der Waals surface area contributed by atoms with Crippen molar-refractivity contribution in [1.82, 2.24) is 25.8 Å². The first kappa shape index (κ1) is 29.6. The van der Waals surface area contributed by atoms with Gasteiger partial charge < -0.3 is 30.2 Å². The van der Waals surface area contributed by atoms with Crippen molar-refractivity contribution in [2.75, 3.05) is 46.6 Å². The molecule has 3 heterocycles. The molecule has 0 aromatic carbocycles. The number of amides is 3. The summed E-state index contributed by atoms with van der Waals surface area (Å²) in [5.74, 6) is -1.08. The van der Waals surface area contributed by atoms with E-state index in [9.17, 15) is 19.2 Å². The van der Waals surface area contributed by atoms with Gasteiger partial charge in [0.1, 0.15) is 18.2 Å². The number of carbonyl (C=O) groups is 4. The highest BCUT2D eigenvalue weighted by Gasteiger charge is 2.38. The van der Waals surface area contributed by atoms with Crippen LogP contribution >= 0.6 is 0 Å². The number of allylic oxidation sites excluding steroid dienone is 1. The number of nitrogens with zero attached hydrogens (tertiary/aromatic N) is 2. The maximum Gasteiger partial charge on any atom is 0.243 e. The van der Waals surface area contributed by atoms with Crippen LogP contribution in [-0.4, -0.2) is 104 Å². The maximum absolute atomic E-state index is 13.6. The molecule has 4 unspecified atom stereocenters. The Morgan fingerprint density at radius 3 is 2.52 bits per heavy atom. The van der Waals surface area contributed by atoms with E-state index in [1.165, 1.54) is 7.11 Å². The highest BCUT2D eigenvalue weighted by molar-refractivity contribution is 5.96. The minimum Gasteiger partial charge on any atom is -0.481 e. The fraction of sp³-hybridized carbons (Fsp3) is 0.607. The van der Waals surface area contributed by atoms with Gasteiger partial charge in [0.25, 0.3) is 0 Å². The number of nitrogens with one attached hydrogen (secondary N) is 3. The van der Waals surface area contributed by atoms with Gasteiger partial charge in [0.2, 0.25) is 23.6 Å². The van der Waals surface area contributed by atoms with E-state index in [1.54, 1.807) is 25.3 Å². The minimum atomic E-state index is -1.01. The third-order valence-electron chi connectivity index (χ3n) is 7.23. The van der Waals surface area contributed by atoms with Crippen LogP contribution in [0.1, 0.15) is 38.2 Å². The van der Waals surface area contributed by atoms with E-state index in [1.807, 2.05) is 4.90 Å². The van der Waals surface area contributed by atoms with Gasteiger partial charge in [0.05, 0.1) is 39.5 Å². The number of ether oxygens (including phenoxy) is 3. The highest BCUT2D eigenvalue weighted by atomic mass is 16.6. The predicted molar refractivity (Wildman–Crippen MR) is 145 cm³/mol. The first-order chi connectivity index (χ1) is 19.3. The van der Waals surface area contributed by atoms with Crippen LogP contribution in [0.4, 0.5) is 0 Å². The van der Waals surface area contributed by atoms with Gasteiger partial charge >= 0.3 is 0 Å². The molecule has 12 nitrogen and oxygen atoms in total. The Kier molecular flexibility index (Phi) is 10.6. The molecule has 2 aliphatic heterocycles. The average molecular weight is 558 g/mol. The molecule has 3 N–H and O–H groups in total. The molecular weight excluding hydrogens is 518 g/mol. The van der Waals surface area contributed by atoms with Crippen LogP contribution < -0.4 is 20.7 Å². The molecule has 0 bridgehead atoms. The van der Waals surface area contributed by atoms with Crippen molar-refractivity contribution in [3.8, 4) is 5.88 Å². The zero-order valence-corrected chi connectivity index (χ0v) is 23.1. The molecule has 0 radical (unpaired) electrons. The molecule has 4 atom stereocenters. The van der Waals surface area contributed by atoms with E-state index in [2.05, 4.69) is 27.0 Å². The molecule has 12 heteroatoms. The molecule has 2 saturated heterocycles. The summed E-state index contributed by atoms with van der Waals surface area (Å²) in [5, 5.41) is 8.36. The monoisotopic (exact) mass is 557 g/mol. The van der Waals surface area contributed by atoms with Crippen LogP contribution in [0.3, 0.4) is 0 Å². The second-order valence-corrected chi connectivity index (χ2v) is 10.4. The van der Waals surface area contributed by atoms with Crippen molar-refractivity contribution in [2.45, 2.75) is 63.3 Å². The number of epoxide rings is 1. The first-order valence-corrected chi connectivity index (χ1v) is 13.8. The summed E-state index contributed by atoms with van der Waals surface area (Å²) in [5.41, 5.74) is 1.85. The summed E-state index contributed by atoms with van der Waals surface area (Å²) in [7, 11) is 1.49. The van der Waals surface area contributed by atoms with Crippen molar-refractivity contribution < 1.29 is 33.4 Å². The Morgan fingerprint density at radius 1 is 1.10 bits per heavy atom. The van der Waals surface area contributed by atoms with Crippen LogP contribution in [0.15, 0.2) is 30.0 Å². The molecule has 1 aromatic rings. The molecule has 218 valence electrons. The van der Waals surface area contributed by atoms with E-state index >= 15 is 0 Å². The number of ketones is 1. The zero-order valence-electron chi connectivity index (χ0n) is 23.1. The van der Waals surface area contributed by atoms with Crippen molar-refractivity contribution in [1.29, 1.82) is 0 Å². The van der Waals surface area contributed by atoms with Crippen molar-refractivity contribution >= 4 is 23.5 Å². The molecule has 2 fully saturated rings. The first-order valence-electron chi connectivity index (χ1n) is 13.8. The fourth-order valence-electron chi connectivity index (χ4n) is 4.86. The van der Waals surface area contributed by atoms with Crippen LogP contribution in [0.5, 0.6) is 5.88 Å². The zero-order chi connectivity index (χ0) is 28.5. The van der Waals surface area contributed by atoms with Gasteiger partial charge in [0, 0.05) is 31.8 Å². The van der Waals surface area contributed by atoms with E-state index in [4.69, 9.17) is 14.2 Å².